The Bertz CT molecular complexity index is 485. The van der Waals surface area contributed by atoms with Crippen LogP contribution in [0.3, 0.4) is 0 Å². The first-order valence-electron chi connectivity index (χ1n) is 5.30. The van der Waals surface area contributed by atoms with Crippen molar-refractivity contribution in [3.8, 4) is 5.75 Å². The summed E-state index contributed by atoms with van der Waals surface area (Å²) in [6.45, 7) is 0.574. The highest BCUT2D eigenvalue weighted by Crippen LogP contribution is 2.24. The first kappa shape index (κ1) is 12.7. The zero-order valence-electron chi connectivity index (χ0n) is 9.20. The maximum atomic E-state index is 5.88. The molecule has 0 spiro atoms. The SMILES string of the molecule is ClCc1ccc(I)cc1OCc1ccccc1. The quantitative estimate of drug-likeness (QED) is 0.573. The number of benzene rings is 2. The predicted octanol–water partition coefficient (Wildman–Crippen LogP) is 4.61. The lowest BCUT2D eigenvalue weighted by atomic mass is 10.2. The van der Waals surface area contributed by atoms with E-state index in [9.17, 15) is 0 Å². The summed E-state index contributed by atoms with van der Waals surface area (Å²) < 4.78 is 6.96. The molecular weight excluding hydrogens is 347 g/mol. The van der Waals surface area contributed by atoms with Gasteiger partial charge in [0.25, 0.3) is 0 Å². The molecule has 0 saturated carbocycles. The Labute approximate surface area is 120 Å². The molecule has 2 aromatic carbocycles. The fourth-order valence-corrected chi connectivity index (χ4v) is 2.19. The second-order valence-electron chi connectivity index (χ2n) is 3.66. The number of alkyl halides is 1. The largest absolute Gasteiger partial charge is 0.489 e. The van der Waals surface area contributed by atoms with E-state index in [1.54, 1.807) is 0 Å². The number of hydrogen-bond acceptors (Lipinski definition) is 1. The maximum Gasteiger partial charge on any atom is 0.125 e. The summed E-state index contributed by atoms with van der Waals surface area (Å²) in [6, 6.07) is 16.2. The lowest BCUT2D eigenvalue weighted by Gasteiger charge is -2.10. The van der Waals surface area contributed by atoms with Gasteiger partial charge in [-0.2, -0.15) is 0 Å². The normalized spacial score (nSPS) is 10.2. The standard InChI is InChI=1S/C14H12ClIO/c15-9-12-6-7-13(16)8-14(12)17-10-11-4-2-1-3-5-11/h1-8H,9-10H2. The van der Waals surface area contributed by atoms with E-state index in [4.69, 9.17) is 16.3 Å². The summed E-state index contributed by atoms with van der Waals surface area (Å²) in [5.74, 6) is 1.34. The van der Waals surface area contributed by atoms with Crippen molar-refractivity contribution in [1.29, 1.82) is 0 Å². The fraction of sp³-hybridized carbons (Fsp3) is 0.143. The molecule has 0 radical (unpaired) electrons. The van der Waals surface area contributed by atoms with Gasteiger partial charge in [-0.3, -0.25) is 0 Å². The van der Waals surface area contributed by atoms with E-state index in [-0.39, 0.29) is 0 Å². The maximum absolute atomic E-state index is 5.88. The van der Waals surface area contributed by atoms with Crippen LogP contribution in [0, 0.1) is 3.57 Å². The molecule has 0 aromatic heterocycles. The van der Waals surface area contributed by atoms with Crippen LogP contribution < -0.4 is 4.74 Å². The monoisotopic (exact) mass is 358 g/mol. The Morgan fingerprint density at radius 1 is 1.06 bits per heavy atom. The van der Waals surface area contributed by atoms with Gasteiger partial charge in [0, 0.05) is 9.13 Å². The average Bonchev–Trinajstić information content (AvgIpc) is 2.38. The number of halogens is 2. The molecule has 2 aromatic rings. The van der Waals surface area contributed by atoms with Gasteiger partial charge in [-0.25, -0.2) is 0 Å². The average molecular weight is 359 g/mol. The molecule has 0 aliphatic carbocycles. The highest BCUT2D eigenvalue weighted by molar-refractivity contribution is 14.1. The summed E-state index contributed by atoms with van der Waals surface area (Å²) >= 11 is 8.15. The molecule has 0 aliphatic heterocycles. The van der Waals surface area contributed by atoms with Gasteiger partial charge in [0.15, 0.2) is 0 Å². The van der Waals surface area contributed by atoms with Crippen molar-refractivity contribution >= 4 is 34.2 Å². The second kappa shape index (κ2) is 6.26. The fourth-order valence-electron chi connectivity index (χ4n) is 1.51. The minimum absolute atomic E-state index is 0.473. The van der Waals surface area contributed by atoms with Crippen LogP contribution in [0.5, 0.6) is 5.75 Å². The lowest BCUT2D eigenvalue weighted by molar-refractivity contribution is 0.303. The van der Waals surface area contributed by atoms with E-state index in [2.05, 4.69) is 22.6 Å². The lowest BCUT2D eigenvalue weighted by Crippen LogP contribution is -1.98. The molecule has 0 atom stereocenters. The summed E-state index contributed by atoms with van der Waals surface area (Å²) in [7, 11) is 0. The van der Waals surface area contributed by atoms with Crippen LogP contribution in [-0.4, -0.2) is 0 Å². The molecule has 88 valence electrons. The van der Waals surface area contributed by atoms with Crippen molar-refractivity contribution in [1.82, 2.24) is 0 Å². The third-order valence-electron chi connectivity index (χ3n) is 2.41. The Balaban J connectivity index is 2.11. The van der Waals surface area contributed by atoms with Crippen LogP contribution in [0.2, 0.25) is 0 Å². The third-order valence-corrected chi connectivity index (χ3v) is 3.37. The van der Waals surface area contributed by atoms with E-state index in [1.165, 1.54) is 0 Å². The number of hydrogen-bond donors (Lipinski definition) is 0. The van der Waals surface area contributed by atoms with Gasteiger partial charge in [-0.05, 0) is 40.3 Å². The van der Waals surface area contributed by atoms with Gasteiger partial charge in [-0.15, -0.1) is 11.6 Å². The summed E-state index contributed by atoms with van der Waals surface area (Å²) in [5, 5.41) is 0. The highest BCUT2D eigenvalue weighted by Gasteiger charge is 2.03. The molecule has 0 amide bonds. The van der Waals surface area contributed by atoms with E-state index in [1.807, 2.05) is 48.5 Å². The van der Waals surface area contributed by atoms with Gasteiger partial charge in [-0.1, -0.05) is 36.4 Å². The van der Waals surface area contributed by atoms with Crippen molar-refractivity contribution in [2.75, 3.05) is 0 Å². The van der Waals surface area contributed by atoms with Crippen LogP contribution in [0.25, 0.3) is 0 Å². The molecule has 0 heterocycles. The van der Waals surface area contributed by atoms with Crippen molar-refractivity contribution in [3.05, 3.63) is 63.2 Å². The molecule has 0 N–H and O–H groups in total. The van der Waals surface area contributed by atoms with Gasteiger partial charge in [0.2, 0.25) is 0 Å². The molecule has 0 aliphatic rings. The molecule has 0 unspecified atom stereocenters. The Kier molecular flexibility index (Phi) is 4.68. The van der Waals surface area contributed by atoms with Crippen molar-refractivity contribution < 1.29 is 4.74 Å². The zero-order chi connectivity index (χ0) is 12.1. The summed E-state index contributed by atoms with van der Waals surface area (Å²) in [4.78, 5) is 0. The highest BCUT2D eigenvalue weighted by atomic mass is 127. The topological polar surface area (TPSA) is 9.23 Å². The van der Waals surface area contributed by atoms with Crippen LogP contribution >= 0.6 is 34.2 Å². The smallest absolute Gasteiger partial charge is 0.125 e. The minimum atomic E-state index is 0.473. The van der Waals surface area contributed by atoms with Crippen LogP contribution in [0.1, 0.15) is 11.1 Å². The number of ether oxygens (including phenoxy) is 1. The van der Waals surface area contributed by atoms with Crippen LogP contribution in [0.4, 0.5) is 0 Å². The van der Waals surface area contributed by atoms with Crippen molar-refractivity contribution in [3.63, 3.8) is 0 Å². The number of rotatable bonds is 4. The third kappa shape index (κ3) is 3.61. The first-order valence-corrected chi connectivity index (χ1v) is 6.92. The van der Waals surface area contributed by atoms with E-state index < -0.39 is 0 Å². The summed E-state index contributed by atoms with van der Waals surface area (Å²) in [5.41, 5.74) is 2.19. The Morgan fingerprint density at radius 3 is 2.53 bits per heavy atom. The Hall–Kier alpha value is -0.740. The minimum Gasteiger partial charge on any atom is -0.489 e. The summed E-state index contributed by atoms with van der Waals surface area (Å²) in [6.07, 6.45) is 0. The van der Waals surface area contributed by atoms with E-state index >= 15 is 0 Å². The van der Waals surface area contributed by atoms with Crippen molar-refractivity contribution in [2.45, 2.75) is 12.5 Å². The molecule has 0 fully saturated rings. The molecule has 17 heavy (non-hydrogen) atoms. The van der Waals surface area contributed by atoms with E-state index in [0.29, 0.717) is 12.5 Å². The first-order chi connectivity index (χ1) is 8.29. The van der Waals surface area contributed by atoms with Gasteiger partial charge >= 0.3 is 0 Å². The molecule has 0 bridgehead atoms. The van der Waals surface area contributed by atoms with E-state index in [0.717, 1.165) is 20.4 Å². The molecular formula is C14H12ClIO. The van der Waals surface area contributed by atoms with Gasteiger partial charge in [0.05, 0.1) is 5.88 Å². The second-order valence-corrected chi connectivity index (χ2v) is 5.17. The van der Waals surface area contributed by atoms with Crippen LogP contribution in [-0.2, 0) is 12.5 Å². The van der Waals surface area contributed by atoms with Gasteiger partial charge < -0.3 is 4.74 Å². The van der Waals surface area contributed by atoms with Crippen molar-refractivity contribution in [2.24, 2.45) is 0 Å². The molecule has 0 saturated heterocycles. The van der Waals surface area contributed by atoms with Gasteiger partial charge in [0.1, 0.15) is 12.4 Å². The zero-order valence-corrected chi connectivity index (χ0v) is 12.1. The predicted molar refractivity (Wildman–Crippen MR) is 79.5 cm³/mol. The molecule has 3 heteroatoms. The molecule has 1 nitrogen and oxygen atoms in total. The molecule has 2 rings (SSSR count). The Morgan fingerprint density at radius 2 is 1.82 bits per heavy atom. The van der Waals surface area contributed by atoms with Crippen LogP contribution in [0.15, 0.2) is 48.5 Å².